The molecule has 0 atom stereocenters. The third-order valence-corrected chi connectivity index (χ3v) is 7.53. The number of nitrogens with zero attached hydrogens (tertiary/aromatic N) is 3. The molecule has 4 aromatic rings. The van der Waals surface area contributed by atoms with Crippen molar-refractivity contribution in [3.63, 3.8) is 0 Å². The largest absolute Gasteiger partial charge is 0.457 e. The summed E-state index contributed by atoms with van der Waals surface area (Å²) in [6, 6.07) is 21.3. The van der Waals surface area contributed by atoms with Gasteiger partial charge in [0.25, 0.3) is 5.91 Å². The van der Waals surface area contributed by atoms with Crippen LogP contribution in [0.25, 0.3) is 10.2 Å². The summed E-state index contributed by atoms with van der Waals surface area (Å²) in [6.45, 7) is 9.12. The van der Waals surface area contributed by atoms with E-state index in [0.717, 1.165) is 60.4 Å². The molecule has 0 unspecified atom stereocenters. The van der Waals surface area contributed by atoms with Gasteiger partial charge in [0.1, 0.15) is 11.5 Å². The van der Waals surface area contributed by atoms with Crippen LogP contribution in [-0.2, 0) is 4.74 Å². The van der Waals surface area contributed by atoms with E-state index in [2.05, 4.69) is 30.9 Å². The molecule has 0 bridgehead atoms. The molecule has 1 aliphatic rings. The van der Waals surface area contributed by atoms with E-state index in [1.54, 1.807) is 11.3 Å². The van der Waals surface area contributed by atoms with Crippen LogP contribution in [0.4, 0.5) is 5.13 Å². The van der Waals surface area contributed by atoms with E-state index >= 15 is 0 Å². The number of fused-ring (bicyclic) bond motifs is 1. The molecule has 1 aromatic heterocycles. The molecule has 5 rings (SSSR count). The minimum Gasteiger partial charge on any atom is -0.457 e. The van der Waals surface area contributed by atoms with Crippen molar-refractivity contribution in [2.24, 2.45) is 0 Å². The van der Waals surface area contributed by atoms with Crippen molar-refractivity contribution in [2.45, 2.75) is 20.3 Å². The third kappa shape index (κ3) is 5.75. The van der Waals surface area contributed by atoms with Gasteiger partial charge in [0.2, 0.25) is 0 Å². The first-order chi connectivity index (χ1) is 17.6. The zero-order valence-corrected chi connectivity index (χ0v) is 21.6. The van der Waals surface area contributed by atoms with Gasteiger partial charge in [0.05, 0.1) is 23.4 Å². The lowest BCUT2D eigenvalue weighted by atomic mass is 10.1. The van der Waals surface area contributed by atoms with Gasteiger partial charge in [-0.3, -0.25) is 14.6 Å². The lowest BCUT2D eigenvalue weighted by Crippen LogP contribution is -2.39. The van der Waals surface area contributed by atoms with Crippen LogP contribution >= 0.6 is 11.3 Å². The number of aromatic nitrogens is 1. The number of anilines is 1. The van der Waals surface area contributed by atoms with Crippen LogP contribution in [0, 0.1) is 13.8 Å². The Bertz CT molecular complexity index is 1330. The summed E-state index contributed by atoms with van der Waals surface area (Å²) in [5.74, 6) is 1.31. The molecule has 36 heavy (non-hydrogen) atoms. The van der Waals surface area contributed by atoms with Crippen LogP contribution in [0.15, 0.2) is 66.7 Å². The summed E-state index contributed by atoms with van der Waals surface area (Å²) < 4.78 is 12.6. The zero-order valence-electron chi connectivity index (χ0n) is 20.8. The Hall–Kier alpha value is -3.26. The molecular formula is C29H31N3O3S. The predicted molar refractivity (Wildman–Crippen MR) is 146 cm³/mol. The highest BCUT2D eigenvalue weighted by atomic mass is 32.1. The van der Waals surface area contributed by atoms with Crippen LogP contribution < -0.4 is 9.64 Å². The molecule has 7 heteroatoms. The number of ether oxygens (including phenoxy) is 2. The number of aryl methyl sites for hydroxylation is 2. The van der Waals surface area contributed by atoms with Crippen molar-refractivity contribution >= 4 is 32.6 Å². The molecule has 0 N–H and O–H groups in total. The van der Waals surface area contributed by atoms with Crippen LogP contribution in [-0.4, -0.2) is 55.2 Å². The summed E-state index contributed by atoms with van der Waals surface area (Å²) in [6.07, 6.45) is 0.861. The third-order valence-electron chi connectivity index (χ3n) is 6.30. The van der Waals surface area contributed by atoms with E-state index < -0.39 is 0 Å². The van der Waals surface area contributed by atoms with Gasteiger partial charge < -0.3 is 9.47 Å². The molecule has 3 aromatic carbocycles. The molecule has 6 nitrogen and oxygen atoms in total. The summed E-state index contributed by atoms with van der Waals surface area (Å²) >= 11 is 1.59. The van der Waals surface area contributed by atoms with Gasteiger partial charge in [0.15, 0.2) is 5.13 Å². The van der Waals surface area contributed by atoms with Gasteiger partial charge in [-0.2, -0.15) is 0 Å². The first kappa shape index (κ1) is 24.4. The summed E-state index contributed by atoms with van der Waals surface area (Å²) in [7, 11) is 0. The highest BCUT2D eigenvalue weighted by Gasteiger charge is 2.23. The maximum Gasteiger partial charge on any atom is 0.260 e. The van der Waals surface area contributed by atoms with Crippen LogP contribution in [0.3, 0.4) is 0 Å². The maximum absolute atomic E-state index is 13.9. The van der Waals surface area contributed by atoms with Gasteiger partial charge >= 0.3 is 0 Å². The highest BCUT2D eigenvalue weighted by molar-refractivity contribution is 7.22. The number of thiazole rings is 1. The number of rotatable bonds is 8. The normalized spacial score (nSPS) is 14.2. The minimum atomic E-state index is -0.0658. The second-order valence-electron chi connectivity index (χ2n) is 9.13. The Morgan fingerprint density at radius 2 is 1.81 bits per heavy atom. The van der Waals surface area contributed by atoms with Crippen LogP contribution in [0.2, 0.25) is 0 Å². The van der Waals surface area contributed by atoms with E-state index in [1.807, 2.05) is 59.5 Å². The molecule has 0 saturated carbocycles. The van der Waals surface area contributed by atoms with Crippen molar-refractivity contribution in [1.29, 1.82) is 0 Å². The Balaban J connectivity index is 1.41. The molecule has 1 aliphatic heterocycles. The fourth-order valence-corrected chi connectivity index (χ4v) is 5.55. The van der Waals surface area contributed by atoms with Gasteiger partial charge in [-0.05, 0) is 67.8 Å². The van der Waals surface area contributed by atoms with Gasteiger partial charge in [-0.1, -0.05) is 41.7 Å². The Kier molecular flexibility index (Phi) is 7.60. The van der Waals surface area contributed by atoms with E-state index in [4.69, 9.17) is 14.5 Å². The molecule has 1 amide bonds. The second-order valence-corrected chi connectivity index (χ2v) is 10.1. The molecule has 186 valence electrons. The number of hydrogen-bond donors (Lipinski definition) is 0. The fourth-order valence-electron chi connectivity index (χ4n) is 4.51. The Morgan fingerprint density at radius 1 is 1.03 bits per heavy atom. The SMILES string of the molecule is Cc1cc(C)c2sc(N(CCCN3CCOCC3)C(=O)c3cccc(Oc4ccccc4)c3)nc2c1. The van der Waals surface area contributed by atoms with Crippen molar-refractivity contribution in [2.75, 3.05) is 44.3 Å². The van der Waals surface area contributed by atoms with Gasteiger partial charge in [-0.15, -0.1) is 0 Å². The summed E-state index contributed by atoms with van der Waals surface area (Å²) in [5, 5.41) is 0.736. The Labute approximate surface area is 216 Å². The van der Waals surface area contributed by atoms with Gasteiger partial charge in [-0.25, -0.2) is 4.98 Å². The van der Waals surface area contributed by atoms with E-state index in [-0.39, 0.29) is 5.91 Å². The number of hydrogen-bond acceptors (Lipinski definition) is 6. The number of carbonyl (C=O) groups excluding carboxylic acids is 1. The van der Waals surface area contributed by atoms with E-state index in [1.165, 1.54) is 11.1 Å². The minimum absolute atomic E-state index is 0.0658. The van der Waals surface area contributed by atoms with Crippen molar-refractivity contribution < 1.29 is 14.3 Å². The average Bonchev–Trinajstić information content (AvgIpc) is 3.32. The smallest absolute Gasteiger partial charge is 0.260 e. The first-order valence-corrected chi connectivity index (χ1v) is 13.2. The fraction of sp³-hybridized carbons (Fsp3) is 0.310. The molecule has 0 spiro atoms. The number of benzene rings is 3. The average molecular weight is 502 g/mol. The van der Waals surface area contributed by atoms with Crippen molar-refractivity contribution in [3.8, 4) is 11.5 Å². The molecule has 0 aliphatic carbocycles. The zero-order chi connectivity index (χ0) is 24.9. The summed E-state index contributed by atoms with van der Waals surface area (Å²) in [5.41, 5.74) is 3.89. The Morgan fingerprint density at radius 3 is 2.61 bits per heavy atom. The lowest BCUT2D eigenvalue weighted by molar-refractivity contribution is 0.0376. The predicted octanol–water partition coefficient (Wildman–Crippen LogP) is 6.07. The van der Waals surface area contributed by atoms with Crippen molar-refractivity contribution in [3.05, 3.63) is 83.4 Å². The monoisotopic (exact) mass is 501 g/mol. The highest BCUT2D eigenvalue weighted by Crippen LogP contribution is 2.33. The molecule has 1 saturated heterocycles. The quantitative estimate of drug-likeness (QED) is 0.293. The first-order valence-electron chi connectivity index (χ1n) is 12.4. The molecule has 1 fully saturated rings. The van der Waals surface area contributed by atoms with Crippen LogP contribution in [0.1, 0.15) is 27.9 Å². The second kappa shape index (κ2) is 11.2. The maximum atomic E-state index is 13.9. The molecular weight excluding hydrogens is 470 g/mol. The van der Waals surface area contributed by atoms with Crippen molar-refractivity contribution in [1.82, 2.24) is 9.88 Å². The number of carbonyl (C=O) groups is 1. The number of amides is 1. The summed E-state index contributed by atoms with van der Waals surface area (Å²) in [4.78, 5) is 23.0. The topological polar surface area (TPSA) is 54.9 Å². The number of morpholine rings is 1. The van der Waals surface area contributed by atoms with Gasteiger partial charge in [0, 0.05) is 31.7 Å². The lowest BCUT2D eigenvalue weighted by Gasteiger charge is -2.27. The standard InChI is InChI=1S/C29H31N3O3S/c1-21-18-22(2)27-26(19-21)30-29(36-27)32(13-7-12-31-14-16-34-17-15-31)28(33)23-8-6-11-25(20-23)35-24-9-4-3-5-10-24/h3-6,8-11,18-20H,7,12-17H2,1-2H3. The number of para-hydroxylation sites is 1. The molecule has 0 radical (unpaired) electrons. The molecule has 2 heterocycles. The van der Waals surface area contributed by atoms with E-state index in [9.17, 15) is 4.79 Å². The van der Waals surface area contributed by atoms with Crippen LogP contribution in [0.5, 0.6) is 11.5 Å². The van der Waals surface area contributed by atoms with E-state index in [0.29, 0.717) is 17.9 Å².